The molecule has 0 aliphatic heterocycles. The van der Waals surface area contributed by atoms with Gasteiger partial charge in [-0.05, 0) is 49.2 Å². The van der Waals surface area contributed by atoms with Crippen LogP contribution in [0.5, 0.6) is 0 Å². The van der Waals surface area contributed by atoms with Crippen LogP contribution in [0.4, 0.5) is 0 Å². The van der Waals surface area contributed by atoms with Crippen LogP contribution >= 0.6 is 0 Å². The Bertz CT molecular complexity index is 598. The molecule has 2 aromatic rings. The monoisotopic (exact) mass is 283 g/mol. The number of hydrogen-bond acceptors (Lipinski definition) is 3. The van der Waals surface area contributed by atoms with Gasteiger partial charge in [-0.25, -0.2) is 0 Å². The second-order valence-corrected chi connectivity index (χ2v) is 5.07. The molecule has 1 unspecified atom stereocenters. The number of benzene rings is 1. The van der Waals surface area contributed by atoms with Gasteiger partial charge in [0.2, 0.25) is 0 Å². The van der Waals surface area contributed by atoms with Crippen LogP contribution in [-0.2, 0) is 6.42 Å². The number of hydrogen-bond donors (Lipinski definition) is 1. The number of pyridine rings is 1. The molecular weight excluding hydrogens is 262 g/mol. The molecule has 0 saturated heterocycles. The third-order valence-electron chi connectivity index (χ3n) is 3.75. The quantitative estimate of drug-likeness (QED) is 0.916. The Balaban J connectivity index is 2.23. The second kappa shape index (κ2) is 6.99. The summed E-state index contributed by atoms with van der Waals surface area (Å²) in [5.41, 5.74) is 8.42. The van der Waals surface area contributed by atoms with Gasteiger partial charge in [0.1, 0.15) is 0 Å². The third kappa shape index (κ3) is 3.47. The molecule has 0 bridgehead atoms. The van der Waals surface area contributed by atoms with Crippen molar-refractivity contribution in [1.29, 1.82) is 0 Å². The Labute approximate surface area is 125 Å². The van der Waals surface area contributed by atoms with Gasteiger partial charge in [-0.2, -0.15) is 0 Å². The Morgan fingerprint density at radius 2 is 1.90 bits per heavy atom. The van der Waals surface area contributed by atoms with Crippen LogP contribution in [0.15, 0.2) is 48.8 Å². The maximum absolute atomic E-state index is 12.7. The van der Waals surface area contributed by atoms with Gasteiger partial charge < -0.3 is 10.6 Å². The normalized spacial score (nSPS) is 12.0. The summed E-state index contributed by atoms with van der Waals surface area (Å²) in [5.74, 6) is 0.0170. The van der Waals surface area contributed by atoms with Gasteiger partial charge in [-0.3, -0.25) is 9.78 Å². The minimum atomic E-state index is -0.00793. The first-order valence-electron chi connectivity index (χ1n) is 7.10. The van der Waals surface area contributed by atoms with E-state index in [1.807, 2.05) is 50.4 Å². The fourth-order valence-corrected chi connectivity index (χ4v) is 2.33. The minimum absolute atomic E-state index is 0.00793. The molecule has 4 heteroatoms. The number of nitrogens with zero attached hydrogens (tertiary/aromatic N) is 2. The summed E-state index contributed by atoms with van der Waals surface area (Å²) < 4.78 is 0. The molecule has 1 atom stereocenters. The Kier molecular flexibility index (Phi) is 5.06. The fraction of sp³-hybridized carbons (Fsp3) is 0.294. The lowest BCUT2D eigenvalue weighted by atomic mass is 10.0. The Morgan fingerprint density at radius 3 is 2.57 bits per heavy atom. The molecule has 1 aromatic carbocycles. The van der Waals surface area contributed by atoms with Crippen molar-refractivity contribution in [2.24, 2.45) is 5.73 Å². The van der Waals surface area contributed by atoms with Crippen LogP contribution < -0.4 is 5.73 Å². The van der Waals surface area contributed by atoms with Crippen molar-refractivity contribution in [2.45, 2.75) is 19.4 Å². The fourth-order valence-electron chi connectivity index (χ4n) is 2.33. The van der Waals surface area contributed by atoms with Crippen molar-refractivity contribution in [3.05, 3.63) is 65.5 Å². The van der Waals surface area contributed by atoms with Crippen molar-refractivity contribution in [3.63, 3.8) is 0 Å². The molecule has 0 spiro atoms. The summed E-state index contributed by atoms with van der Waals surface area (Å²) >= 11 is 0. The van der Waals surface area contributed by atoms with Crippen molar-refractivity contribution >= 4 is 5.91 Å². The second-order valence-electron chi connectivity index (χ2n) is 5.07. The number of nitrogens with two attached hydrogens (primary N) is 1. The molecule has 1 amide bonds. The van der Waals surface area contributed by atoms with E-state index in [1.54, 1.807) is 17.3 Å². The standard InChI is InChI=1S/C17H21N3O/c1-13(14-8-11-19-12-9-14)20(2)17(21)16-6-4-3-5-15(16)7-10-18/h3-6,8-9,11-13H,7,10,18H2,1-2H3. The van der Waals surface area contributed by atoms with Crippen molar-refractivity contribution in [1.82, 2.24) is 9.88 Å². The van der Waals surface area contributed by atoms with E-state index in [9.17, 15) is 4.79 Å². The summed E-state index contributed by atoms with van der Waals surface area (Å²) in [6.45, 7) is 2.55. The molecule has 0 fully saturated rings. The highest BCUT2D eigenvalue weighted by Crippen LogP contribution is 2.21. The number of carbonyl (C=O) groups excluding carboxylic acids is 1. The molecule has 2 rings (SSSR count). The molecular formula is C17H21N3O. The maximum Gasteiger partial charge on any atom is 0.254 e. The molecule has 0 aliphatic rings. The molecule has 0 aliphatic carbocycles. The van der Waals surface area contributed by atoms with Crippen LogP contribution in [0.2, 0.25) is 0 Å². The number of aromatic nitrogens is 1. The smallest absolute Gasteiger partial charge is 0.254 e. The summed E-state index contributed by atoms with van der Waals surface area (Å²) in [7, 11) is 1.83. The van der Waals surface area contributed by atoms with Crippen molar-refractivity contribution in [3.8, 4) is 0 Å². The van der Waals surface area contributed by atoms with E-state index in [-0.39, 0.29) is 11.9 Å². The predicted octanol–water partition coefficient (Wildman–Crippen LogP) is 2.42. The van der Waals surface area contributed by atoms with E-state index in [1.165, 1.54) is 0 Å². The average molecular weight is 283 g/mol. The first-order chi connectivity index (χ1) is 10.1. The molecule has 110 valence electrons. The van der Waals surface area contributed by atoms with Gasteiger partial charge >= 0.3 is 0 Å². The molecule has 1 heterocycles. The van der Waals surface area contributed by atoms with Crippen LogP contribution in [0.3, 0.4) is 0 Å². The Morgan fingerprint density at radius 1 is 1.24 bits per heavy atom. The minimum Gasteiger partial charge on any atom is -0.335 e. The summed E-state index contributed by atoms with van der Waals surface area (Å²) in [4.78, 5) is 18.5. The van der Waals surface area contributed by atoms with Crippen molar-refractivity contribution < 1.29 is 4.79 Å². The first kappa shape index (κ1) is 15.2. The summed E-state index contributed by atoms with van der Waals surface area (Å²) in [6, 6.07) is 11.5. The van der Waals surface area contributed by atoms with E-state index in [0.29, 0.717) is 13.0 Å². The van der Waals surface area contributed by atoms with Gasteiger partial charge in [0, 0.05) is 25.0 Å². The molecule has 4 nitrogen and oxygen atoms in total. The van der Waals surface area contributed by atoms with E-state index < -0.39 is 0 Å². The predicted molar refractivity (Wildman–Crippen MR) is 83.9 cm³/mol. The van der Waals surface area contributed by atoms with Crippen LogP contribution in [0.1, 0.15) is 34.5 Å². The van der Waals surface area contributed by atoms with Gasteiger partial charge in [0.25, 0.3) is 5.91 Å². The zero-order chi connectivity index (χ0) is 15.2. The van der Waals surface area contributed by atoms with E-state index >= 15 is 0 Å². The number of amides is 1. The highest BCUT2D eigenvalue weighted by Gasteiger charge is 2.20. The van der Waals surface area contributed by atoms with Crippen LogP contribution in [0, 0.1) is 0 Å². The maximum atomic E-state index is 12.7. The largest absolute Gasteiger partial charge is 0.335 e. The third-order valence-corrected chi connectivity index (χ3v) is 3.75. The van der Waals surface area contributed by atoms with Gasteiger partial charge in [0.15, 0.2) is 0 Å². The van der Waals surface area contributed by atoms with E-state index in [4.69, 9.17) is 5.73 Å². The van der Waals surface area contributed by atoms with E-state index in [0.717, 1.165) is 16.7 Å². The molecule has 2 N–H and O–H groups in total. The molecule has 0 radical (unpaired) electrons. The summed E-state index contributed by atoms with van der Waals surface area (Å²) in [5, 5.41) is 0. The topological polar surface area (TPSA) is 59.2 Å². The lowest BCUT2D eigenvalue weighted by Gasteiger charge is -2.26. The highest BCUT2D eigenvalue weighted by molar-refractivity contribution is 5.95. The SMILES string of the molecule is CC(c1ccncc1)N(C)C(=O)c1ccccc1CCN. The van der Waals surface area contributed by atoms with E-state index in [2.05, 4.69) is 4.98 Å². The van der Waals surface area contributed by atoms with Gasteiger partial charge in [0.05, 0.1) is 6.04 Å². The number of carbonyl (C=O) groups is 1. The van der Waals surface area contributed by atoms with Gasteiger partial charge in [-0.1, -0.05) is 18.2 Å². The molecule has 1 aromatic heterocycles. The molecule has 0 saturated carbocycles. The van der Waals surface area contributed by atoms with Crippen molar-refractivity contribution in [2.75, 3.05) is 13.6 Å². The summed E-state index contributed by atoms with van der Waals surface area (Å²) in [6.07, 6.45) is 4.19. The lowest BCUT2D eigenvalue weighted by Crippen LogP contribution is -2.30. The zero-order valence-corrected chi connectivity index (χ0v) is 12.5. The lowest BCUT2D eigenvalue weighted by molar-refractivity contribution is 0.0741. The van der Waals surface area contributed by atoms with Crippen LogP contribution in [0.25, 0.3) is 0 Å². The van der Waals surface area contributed by atoms with Crippen LogP contribution in [-0.4, -0.2) is 29.4 Å². The Hall–Kier alpha value is -2.20. The average Bonchev–Trinajstić information content (AvgIpc) is 2.54. The molecule has 21 heavy (non-hydrogen) atoms. The first-order valence-corrected chi connectivity index (χ1v) is 7.10. The van der Waals surface area contributed by atoms with Gasteiger partial charge in [-0.15, -0.1) is 0 Å². The zero-order valence-electron chi connectivity index (χ0n) is 12.5. The highest BCUT2D eigenvalue weighted by atomic mass is 16.2. The number of rotatable bonds is 5.